The Hall–Kier alpha value is -1.69. The molecule has 2 rings (SSSR count). The first kappa shape index (κ1) is 13.7. The second kappa shape index (κ2) is 5.97. The van der Waals surface area contributed by atoms with Crippen molar-refractivity contribution in [3.63, 3.8) is 0 Å². The summed E-state index contributed by atoms with van der Waals surface area (Å²) in [5, 5.41) is 16.4. The third-order valence-electron chi connectivity index (χ3n) is 3.63. The number of piperidine rings is 1. The zero-order chi connectivity index (χ0) is 13.8. The Morgan fingerprint density at radius 3 is 2.63 bits per heavy atom. The molecular formula is C13H20N4O2. The molecule has 0 bridgehead atoms. The summed E-state index contributed by atoms with van der Waals surface area (Å²) in [6, 6.07) is 3.21. The molecule has 6 nitrogen and oxygen atoms in total. The van der Waals surface area contributed by atoms with Crippen molar-refractivity contribution in [2.24, 2.45) is 5.92 Å². The molecule has 0 spiro atoms. The fourth-order valence-corrected chi connectivity index (χ4v) is 2.37. The molecule has 1 aliphatic heterocycles. The highest BCUT2D eigenvalue weighted by Gasteiger charge is 2.19. The van der Waals surface area contributed by atoms with Crippen molar-refractivity contribution in [1.29, 1.82) is 0 Å². The summed E-state index contributed by atoms with van der Waals surface area (Å²) in [7, 11) is 4.12. The number of carboxylic acid groups (broad SMARTS) is 1. The Morgan fingerprint density at radius 1 is 1.42 bits per heavy atom. The highest BCUT2D eigenvalue weighted by molar-refractivity contribution is 5.85. The zero-order valence-electron chi connectivity index (χ0n) is 11.4. The van der Waals surface area contributed by atoms with Crippen LogP contribution in [0.5, 0.6) is 0 Å². The van der Waals surface area contributed by atoms with Crippen molar-refractivity contribution in [3.8, 4) is 0 Å². The van der Waals surface area contributed by atoms with Gasteiger partial charge in [0.15, 0.2) is 11.5 Å². The van der Waals surface area contributed by atoms with Crippen molar-refractivity contribution < 1.29 is 9.90 Å². The first-order chi connectivity index (χ1) is 9.06. The predicted molar refractivity (Wildman–Crippen MR) is 72.5 cm³/mol. The number of aromatic nitrogens is 2. The van der Waals surface area contributed by atoms with Crippen molar-refractivity contribution >= 4 is 11.8 Å². The summed E-state index contributed by atoms with van der Waals surface area (Å²) < 4.78 is 0. The number of carbonyl (C=O) groups is 1. The number of rotatable bonds is 4. The van der Waals surface area contributed by atoms with Gasteiger partial charge in [-0.15, -0.1) is 10.2 Å². The zero-order valence-corrected chi connectivity index (χ0v) is 11.4. The third-order valence-corrected chi connectivity index (χ3v) is 3.63. The fraction of sp³-hybridized carbons (Fsp3) is 0.615. The van der Waals surface area contributed by atoms with Gasteiger partial charge in [0.05, 0.1) is 0 Å². The Kier molecular flexibility index (Phi) is 4.31. The van der Waals surface area contributed by atoms with Crippen molar-refractivity contribution in [3.05, 3.63) is 17.8 Å². The van der Waals surface area contributed by atoms with Gasteiger partial charge in [-0.3, -0.25) is 0 Å². The number of hydrogen-bond donors (Lipinski definition) is 1. The molecule has 1 aromatic rings. The van der Waals surface area contributed by atoms with E-state index in [0.29, 0.717) is 5.92 Å². The lowest BCUT2D eigenvalue weighted by Gasteiger charge is -2.31. The fourth-order valence-electron chi connectivity index (χ4n) is 2.37. The number of nitrogens with zero attached hydrogens (tertiary/aromatic N) is 4. The van der Waals surface area contributed by atoms with Gasteiger partial charge >= 0.3 is 5.97 Å². The maximum absolute atomic E-state index is 10.7. The van der Waals surface area contributed by atoms with E-state index in [4.69, 9.17) is 5.11 Å². The highest BCUT2D eigenvalue weighted by Crippen LogP contribution is 2.19. The van der Waals surface area contributed by atoms with E-state index < -0.39 is 5.97 Å². The normalized spacial score (nSPS) is 17.4. The van der Waals surface area contributed by atoms with Crippen LogP contribution in [-0.2, 0) is 0 Å². The molecule has 0 aliphatic carbocycles. The maximum atomic E-state index is 10.7. The van der Waals surface area contributed by atoms with E-state index in [9.17, 15) is 4.79 Å². The molecule has 19 heavy (non-hydrogen) atoms. The SMILES string of the molecule is CN1CCC(CN(C)c2ccc(C(=O)O)nn2)CC1. The minimum atomic E-state index is -1.04. The maximum Gasteiger partial charge on any atom is 0.356 e. The van der Waals surface area contributed by atoms with E-state index in [-0.39, 0.29) is 5.69 Å². The molecule has 1 aromatic heterocycles. The van der Waals surface area contributed by atoms with Crippen LogP contribution in [0.25, 0.3) is 0 Å². The summed E-state index contributed by atoms with van der Waals surface area (Å²) >= 11 is 0. The standard InChI is InChI=1S/C13H20N4O2/c1-16-7-5-10(6-8-16)9-17(2)12-4-3-11(13(18)19)14-15-12/h3-4,10H,5-9H2,1-2H3,(H,18,19). The molecule has 0 saturated carbocycles. The Bertz CT molecular complexity index is 427. The van der Waals surface area contributed by atoms with Gasteiger partial charge in [-0.25, -0.2) is 4.79 Å². The van der Waals surface area contributed by atoms with Crippen molar-refractivity contribution in [2.75, 3.05) is 38.6 Å². The van der Waals surface area contributed by atoms with E-state index in [1.165, 1.54) is 18.9 Å². The molecule has 1 saturated heterocycles. The van der Waals surface area contributed by atoms with E-state index in [1.807, 2.05) is 7.05 Å². The van der Waals surface area contributed by atoms with Crippen LogP contribution in [0.15, 0.2) is 12.1 Å². The van der Waals surface area contributed by atoms with Gasteiger partial charge in [0.2, 0.25) is 0 Å². The second-order valence-corrected chi connectivity index (χ2v) is 5.21. The molecule has 104 valence electrons. The van der Waals surface area contributed by atoms with Crippen LogP contribution in [0.3, 0.4) is 0 Å². The summed E-state index contributed by atoms with van der Waals surface area (Å²) in [6.07, 6.45) is 2.39. The van der Waals surface area contributed by atoms with Gasteiger partial charge in [-0.05, 0) is 51.0 Å². The molecule has 2 heterocycles. The van der Waals surface area contributed by atoms with Gasteiger partial charge in [0, 0.05) is 13.6 Å². The van der Waals surface area contributed by atoms with Gasteiger partial charge in [-0.1, -0.05) is 0 Å². The van der Waals surface area contributed by atoms with Gasteiger partial charge in [-0.2, -0.15) is 0 Å². The largest absolute Gasteiger partial charge is 0.476 e. The van der Waals surface area contributed by atoms with E-state index in [1.54, 1.807) is 6.07 Å². The minimum Gasteiger partial charge on any atom is -0.476 e. The second-order valence-electron chi connectivity index (χ2n) is 5.21. The lowest BCUT2D eigenvalue weighted by Crippen LogP contribution is -2.36. The topological polar surface area (TPSA) is 69.6 Å². The Balaban J connectivity index is 1.92. The molecule has 0 unspecified atom stereocenters. The number of hydrogen-bond acceptors (Lipinski definition) is 5. The summed E-state index contributed by atoms with van der Waals surface area (Å²) in [4.78, 5) is 15.1. The molecule has 0 amide bonds. The molecule has 1 fully saturated rings. The summed E-state index contributed by atoms with van der Waals surface area (Å²) in [6.45, 7) is 3.22. The molecule has 0 aromatic carbocycles. The molecular weight excluding hydrogens is 244 g/mol. The number of anilines is 1. The average molecular weight is 264 g/mol. The van der Waals surface area contributed by atoms with Gasteiger partial charge < -0.3 is 14.9 Å². The van der Waals surface area contributed by atoms with Crippen LogP contribution in [-0.4, -0.2) is 59.9 Å². The highest BCUT2D eigenvalue weighted by atomic mass is 16.4. The van der Waals surface area contributed by atoms with E-state index >= 15 is 0 Å². The predicted octanol–water partition coefficient (Wildman–Crippen LogP) is 0.953. The van der Waals surface area contributed by atoms with Crippen molar-refractivity contribution in [1.82, 2.24) is 15.1 Å². The number of carboxylic acids is 1. The van der Waals surface area contributed by atoms with Gasteiger partial charge in [0.25, 0.3) is 0 Å². The van der Waals surface area contributed by atoms with Crippen molar-refractivity contribution in [2.45, 2.75) is 12.8 Å². The van der Waals surface area contributed by atoms with E-state index in [2.05, 4.69) is 27.0 Å². The van der Waals surface area contributed by atoms with Crippen LogP contribution >= 0.6 is 0 Å². The molecule has 0 radical (unpaired) electrons. The Morgan fingerprint density at radius 2 is 2.11 bits per heavy atom. The van der Waals surface area contributed by atoms with Gasteiger partial charge in [0.1, 0.15) is 0 Å². The summed E-state index contributed by atoms with van der Waals surface area (Å²) in [5.74, 6) is 0.350. The number of aromatic carboxylic acids is 1. The average Bonchev–Trinajstić information content (AvgIpc) is 2.41. The smallest absolute Gasteiger partial charge is 0.356 e. The third kappa shape index (κ3) is 3.64. The minimum absolute atomic E-state index is 0.0172. The van der Waals surface area contributed by atoms with Crippen LogP contribution in [0.4, 0.5) is 5.82 Å². The lowest BCUT2D eigenvalue weighted by molar-refractivity contribution is 0.0689. The molecule has 1 N–H and O–H groups in total. The molecule has 1 aliphatic rings. The summed E-state index contributed by atoms with van der Waals surface area (Å²) in [5.41, 5.74) is -0.0172. The first-order valence-electron chi connectivity index (χ1n) is 6.53. The van der Waals surface area contributed by atoms with Crippen LogP contribution in [0.1, 0.15) is 23.3 Å². The lowest BCUT2D eigenvalue weighted by atomic mass is 9.97. The number of likely N-dealkylation sites (tertiary alicyclic amines) is 1. The monoisotopic (exact) mass is 264 g/mol. The van der Waals surface area contributed by atoms with Crippen LogP contribution in [0, 0.1) is 5.92 Å². The van der Waals surface area contributed by atoms with Crippen LogP contribution in [0.2, 0.25) is 0 Å². The van der Waals surface area contributed by atoms with Crippen LogP contribution < -0.4 is 4.90 Å². The quantitative estimate of drug-likeness (QED) is 0.873. The molecule has 6 heteroatoms. The van der Waals surface area contributed by atoms with E-state index in [0.717, 1.165) is 25.5 Å². The molecule has 0 atom stereocenters. The first-order valence-corrected chi connectivity index (χ1v) is 6.53. The Labute approximate surface area is 113 Å².